The van der Waals surface area contributed by atoms with E-state index in [9.17, 15) is 0 Å². The van der Waals surface area contributed by atoms with Crippen LogP contribution in [0.25, 0.3) is 0 Å². The van der Waals surface area contributed by atoms with Crippen molar-refractivity contribution in [2.75, 3.05) is 6.61 Å². The van der Waals surface area contributed by atoms with Gasteiger partial charge in [-0.1, -0.05) is 82.9 Å². The van der Waals surface area contributed by atoms with Gasteiger partial charge in [0, 0.05) is 12.1 Å². The number of rotatable bonds is 16. The van der Waals surface area contributed by atoms with Crippen molar-refractivity contribution in [1.29, 1.82) is 0 Å². The van der Waals surface area contributed by atoms with E-state index in [1.165, 1.54) is 57.8 Å². The van der Waals surface area contributed by atoms with Gasteiger partial charge in [0.2, 0.25) is 0 Å². The van der Waals surface area contributed by atoms with E-state index < -0.39 is 0 Å². The van der Waals surface area contributed by atoms with Crippen LogP contribution in [0.4, 0.5) is 0 Å². The molecule has 0 spiro atoms. The Hall–Kier alpha value is -1.06. The van der Waals surface area contributed by atoms with Gasteiger partial charge in [0.15, 0.2) is 0 Å². The van der Waals surface area contributed by atoms with Gasteiger partial charge in [-0.25, -0.2) is 0 Å². The van der Waals surface area contributed by atoms with Gasteiger partial charge in [0.1, 0.15) is 5.75 Å². The maximum atomic E-state index is 6.23. The fraction of sp³-hybridized carbons (Fsp3) is 0.727. The lowest BCUT2D eigenvalue weighted by molar-refractivity contribution is 0.290. The monoisotopic (exact) mass is 348 g/mol. The second-order valence-corrected chi connectivity index (χ2v) is 7.32. The van der Waals surface area contributed by atoms with Crippen LogP contribution >= 0.6 is 0 Å². The predicted molar refractivity (Wildman–Crippen MR) is 109 cm³/mol. The molecule has 0 aliphatic rings. The Labute approximate surface area is 155 Å². The molecule has 0 aliphatic carbocycles. The third-order valence-corrected chi connectivity index (χ3v) is 4.78. The standard InChI is InChI=1S/C22H40N2O/c1-2-3-4-5-6-7-8-9-11-14-20(23)19-21(24)17-18-25-22-15-12-10-13-16-22/h10,12-13,15-16,20-21H,2-9,11,14,17-19,23-24H2,1H3. The van der Waals surface area contributed by atoms with E-state index in [2.05, 4.69) is 6.92 Å². The number of unbranched alkanes of at least 4 members (excludes halogenated alkanes) is 8. The summed E-state index contributed by atoms with van der Waals surface area (Å²) in [6.07, 6.45) is 15.1. The molecule has 0 heterocycles. The number of hydrogen-bond donors (Lipinski definition) is 2. The summed E-state index contributed by atoms with van der Waals surface area (Å²) in [4.78, 5) is 0. The van der Waals surface area contributed by atoms with E-state index in [0.29, 0.717) is 6.61 Å². The molecule has 2 atom stereocenters. The predicted octanol–water partition coefficient (Wildman–Crippen LogP) is 5.42. The first kappa shape index (κ1) is 22.0. The van der Waals surface area contributed by atoms with Gasteiger partial charge in [-0.05, 0) is 31.4 Å². The zero-order valence-electron chi connectivity index (χ0n) is 16.3. The number of nitrogens with two attached hydrogens (primary N) is 2. The Kier molecular flexibility index (Phi) is 13.4. The molecule has 1 aromatic carbocycles. The number of benzene rings is 1. The van der Waals surface area contributed by atoms with Crippen LogP contribution in [0.3, 0.4) is 0 Å². The van der Waals surface area contributed by atoms with Gasteiger partial charge < -0.3 is 16.2 Å². The Morgan fingerprint density at radius 2 is 1.32 bits per heavy atom. The van der Waals surface area contributed by atoms with Crippen LogP contribution in [0.5, 0.6) is 5.75 Å². The van der Waals surface area contributed by atoms with Crippen molar-refractivity contribution in [1.82, 2.24) is 0 Å². The Balaban J connectivity index is 1.92. The van der Waals surface area contributed by atoms with E-state index >= 15 is 0 Å². The van der Waals surface area contributed by atoms with Crippen molar-refractivity contribution < 1.29 is 4.74 Å². The molecule has 0 aliphatic heterocycles. The lowest BCUT2D eigenvalue weighted by atomic mass is 9.99. The minimum absolute atomic E-state index is 0.136. The van der Waals surface area contributed by atoms with Gasteiger partial charge in [-0.2, -0.15) is 0 Å². The molecular formula is C22H40N2O. The maximum absolute atomic E-state index is 6.23. The van der Waals surface area contributed by atoms with Crippen LogP contribution in [0.15, 0.2) is 30.3 Å². The van der Waals surface area contributed by atoms with Crippen LogP contribution in [0.2, 0.25) is 0 Å². The first-order valence-corrected chi connectivity index (χ1v) is 10.4. The van der Waals surface area contributed by atoms with Crippen molar-refractivity contribution in [3.63, 3.8) is 0 Å². The van der Waals surface area contributed by atoms with E-state index in [-0.39, 0.29) is 12.1 Å². The Bertz CT molecular complexity index is 396. The zero-order valence-corrected chi connectivity index (χ0v) is 16.3. The first-order valence-electron chi connectivity index (χ1n) is 10.4. The molecule has 144 valence electrons. The molecule has 3 heteroatoms. The van der Waals surface area contributed by atoms with Crippen LogP contribution < -0.4 is 16.2 Å². The molecule has 1 rings (SSSR count). The molecule has 25 heavy (non-hydrogen) atoms. The Morgan fingerprint density at radius 1 is 0.760 bits per heavy atom. The number of ether oxygens (including phenoxy) is 1. The van der Waals surface area contributed by atoms with Gasteiger partial charge >= 0.3 is 0 Å². The van der Waals surface area contributed by atoms with Gasteiger partial charge in [-0.15, -0.1) is 0 Å². The highest BCUT2D eigenvalue weighted by atomic mass is 16.5. The molecule has 0 fully saturated rings. The highest BCUT2D eigenvalue weighted by Crippen LogP contribution is 2.13. The highest BCUT2D eigenvalue weighted by molar-refractivity contribution is 5.20. The van der Waals surface area contributed by atoms with E-state index in [1.54, 1.807) is 0 Å². The van der Waals surface area contributed by atoms with E-state index in [4.69, 9.17) is 16.2 Å². The van der Waals surface area contributed by atoms with E-state index in [0.717, 1.165) is 25.0 Å². The summed E-state index contributed by atoms with van der Waals surface area (Å²) < 4.78 is 5.70. The molecule has 0 bridgehead atoms. The Morgan fingerprint density at radius 3 is 1.96 bits per heavy atom. The molecule has 2 unspecified atom stereocenters. The normalized spacial score (nSPS) is 13.6. The maximum Gasteiger partial charge on any atom is 0.119 e. The summed E-state index contributed by atoms with van der Waals surface area (Å²) in [5, 5.41) is 0. The van der Waals surface area contributed by atoms with Crippen LogP contribution in [0, 0.1) is 0 Å². The summed E-state index contributed by atoms with van der Waals surface area (Å²) in [6, 6.07) is 10.3. The molecule has 0 saturated heterocycles. The lowest BCUT2D eigenvalue weighted by Crippen LogP contribution is -2.32. The molecule has 0 radical (unpaired) electrons. The number of para-hydroxylation sites is 1. The van der Waals surface area contributed by atoms with Crippen LogP contribution in [-0.4, -0.2) is 18.7 Å². The van der Waals surface area contributed by atoms with Crippen molar-refractivity contribution in [2.45, 2.75) is 96.1 Å². The largest absolute Gasteiger partial charge is 0.494 e. The van der Waals surface area contributed by atoms with Crippen molar-refractivity contribution >= 4 is 0 Å². The molecule has 3 nitrogen and oxygen atoms in total. The third kappa shape index (κ3) is 12.9. The SMILES string of the molecule is CCCCCCCCCCCC(N)CC(N)CCOc1ccccc1. The average molecular weight is 349 g/mol. The van der Waals surface area contributed by atoms with Crippen LogP contribution in [0.1, 0.15) is 84.0 Å². The molecule has 4 N–H and O–H groups in total. The fourth-order valence-corrected chi connectivity index (χ4v) is 3.19. The minimum Gasteiger partial charge on any atom is -0.494 e. The molecule has 0 aromatic heterocycles. The second kappa shape index (κ2) is 15.2. The topological polar surface area (TPSA) is 61.3 Å². The smallest absolute Gasteiger partial charge is 0.119 e. The highest BCUT2D eigenvalue weighted by Gasteiger charge is 2.09. The van der Waals surface area contributed by atoms with Gasteiger partial charge in [0.25, 0.3) is 0 Å². The van der Waals surface area contributed by atoms with Crippen molar-refractivity contribution in [2.24, 2.45) is 11.5 Å². The molecule has 1 aromatic rings. The summed E-state index contributed by atoms with van der Waals surface area (Å²) in [5.41, 5.74) is 12.4. The zero-order chi connectivity index (χ0) is 18.2. The molecular weight excluding hydrogens is 308 g/mol. The van der Waals surface area contributed by atoms with Gasteiger partial charge in [0.05, 0.1) is 6.61 Å². The van der Waals surface area contributed by atoms with E-state index in [1.807, 2.05) is 30.3 Å². The summed E-state index contributed by atoms with van der Waals surface area (Å²) in [5.74, 6) is 0.911. The number of hydrogen-bond acceptors (Lipinski definition) is 3. The summed E-state index contributed by atoms with van der Waals surface area (Å²) >= 11 is 0. The van der Waals surface area contributed by atoms with Crippen molar-refractivity contribution in [3.8, 4) is 5.75 Å². The summed E-state index contributed by atoms with van der Waals surface area (Å²) in [6.45, 7) is 2.93. The second-order valence-electron chi connectivity index (χ2n) is 7.32. The third-order valence-electron chi connectivity index (χ3n) is 4.78. The lowest BCUT2D eigenvalue weighted by Gasteiger charge is -2.17. The van der Waals surface area contributed by atoms with Gasteiger partial charge in [-0.3, -0.25) is 0 Å². The molecule has 0 saturated carbocycles. The fourth-order valence-electron chi connectivity index (χ4n) is 3.19. The van der Waals surface area contributed by atoms with Crippen molar-refractivity contribution in [3.05, 3.63) is 30.3 Å². The first-order chi connectivity index (χ1) is 12.2. The minimum atomic E-state index is 0.136. The van der Waals surface area contributed by atoms with Crippen LogP contribution in [-0.2, 0) is 0 Å². The summed E-state index contributed by atoms with van der Waals surface area (Å²) in [7, 11) is 0. The average Bonchev–Trinajstić information content (AvgIpc) is 2.61. The molecule has 0 amide bonds. The quantitative estimate of drug-likeness (QED) is 0.392.